The second-order valence-electron chi connectivity index (χ2n) is 15.7. The quantitative estimate of drug-likeness (QED) is 0.0501. The van der Waals surface area contributed by atoms with Gasteiger partial charge in [-0.3, -0.25) is 4.57 Å². The van der Waals surface area contributed by atoms with Crippen molar-refractivity contribution in [1.82, 2.24) is 29.2 Å². The molecule has 3 aromatic heterocycles. The van der Waals surface area contributed by atoms with E-state index in [-0.39, 0.29) is 31.7 Å². The molecule has 1 unspecified atom stereocenters. The van der Waals surface area contributed by atoms with Crippen LogP contribution in [0.5, 0.6) is 11.5 Å². The molecule has 7 aromatic rings. The molecule has 0 bridgehead atoms. The number of aromatic amines is 1. The topological polar surface area (TPSA) is 142 Å². The zero-order valence-electron chi connectivity index (χ0n) is 35.8. The Hall–Kier alpha value is -5.71. The van der Waals surface area contributed by atoms with E-state index < -0.39 is 32.6 Å². The zero-order chi connectivity index (χ0) is 43.2. The van der Waals surface area contributed by atoms with Gasteiger partial charge in [0.1, 0.15) is 47.0 Å². The molecule has 4 atom stereocenters. The van der Waals surface area contributed by atoms with Crippen LogP contribution in [0.2, 0.25) is 0 Å². The standard InChI is InChI=1S/C48H52N7O6P/c1-32(2)55(33(3)4)62(59-26-12-25-49)61-42-28-44(54-31-52-46-45(50-30-51-47(46)54)41-27-34-13-10-11-16-40(34)53-41)60-43(42)29-58-48(35-14-8-7-9-15-35,36-17-21-38(56-5)22-18-36)37-19-23-39(57-6)24-20-37/h7-11,13-24,27,30-33,42-44,53H,12,26,28-29H2,1-6H3/t42-,43+,44+,62?/m0/s1. The van der Waals surface area contributed by atoms with Crippen LogP contribution in [0.25, 0.3) is 33.5 Å². The number of methoxy groups -OCH3 is 2. The third-order valence-electron chi connectivity index (χ3n) is 11.2. The average Bonchev–Trinajstić information content (AvgIpc) is 4.04. The first kappa shape index (κ1) is 43.0. The average molecular weight is 854 g/mol. The molecule has 4 aromatic carbocycles. The smallest absolute Gasteiger partial charge is 0.259 e. The van der Waals surface area contributed by atoms with E-state index in [0.717, 1.165) is 44.8 Å². The van der Waals surface area contributed by atoms with Gasteiger partial charge in [-0.25, -0.2) is 19.6 Å². The highest BCUT2D eigenvalue weighted by atomic mass is 31.2. The Morgan fingerprint density at radius 1 is 0.855 bits per heavy atom. The highest BCUT2D eigenvalue weighted by Crippen LogP contribution is 2.51. The van der Waals surface area contributed by atoms with E-state index in [1.165, 1.54) is 0 Å². The van der Waals surface area contributed by atoms with E-state index >= 15 is 0 Å². The van der Waals surface area contributed by atoms with Crippen molar-refractivity contribution in [3.63, 3.8) is 0 Å². The number of hydrogen-bond donors (Lipinski definition) is 1. The number of nitrogens with one attached hydrogen (secondary N) is 1. The third-order valence-corrected chi connectivity index (χ3v) is 13.3. The molecule has 1 fully saturated rings. The van der Waals surface area contributed by atoms with Gasteiger partial charge in [0.05, 0.1) is 58.0 Å². The van der Waals surface area contributed by atoms with Crippen molar-refractivity contribution in [2.24, 2.45) is 0 Å². The SMILES string of the molecule is COc1ccc(C(OC[C@H]2O[C@@H](n3cnc4c(-c5cc6ccccc6[nH]5)ncnc43)C[C@@H]2OP(OCCC#N)N(C(C)C)C(C)C)(c2ccccc2)c2ccc(OC)cc2)cc1. The van der Waals surface area contributed by atoms with Gasteiger partial charge in [-0.15, -0.1) is 0 Å². The molecule has 0 aliphatic carbocycles. The monoisotopic (exact) mass is 853 g/mol. The van der Waals surface area contributed by atoms with Crippen molar-refractivity contribution < 1.29 is 28.0 Å². The van der Waals surface area contributed by atoms with E-state index in [9.17, 15) is 5.26 Å². The summed E-state index contributed by atoms with van der Waals surface area (Å²) in [5.41, 5.74) is 5.47. The number of rotatable bonds is 18. The van der Waals surface area contributed by atoms with E-state index in [1.54, 1.807) is 26.9 Å². The van der Waals surface area contributed by atoms with E-state index in [0.29, 0.717) is 23.3 Å². The summed E-state index contributed by atoms with van der Waals surface area (Å²) in [6.45, 7) is 8.87. The number of aromatic nitrogens is 5. The number of nitrogens with zero attached hydrogens (tertiary/aromatic N) is 6. The molecule has 0 saturated carbocycles. The first-order valence-electron chi connectivity index (χ1n) is 20.9. The van der Waals surface area contributed by atoms with Gasteiger partial charge in [-0.2, -0.15) is 5.26 Å². The number of para-hydroxylation sites is 1. The van der Waals surface area contributed by atoms with Crippen molar-refractivity contribution in [2.75, 3.05) is 27.4 Å². The normalized spacial score (nSPS) is 17.3. The van der Waals surface area contributed by atoms with Gasteiger partial charge in [0.2, 0.25) is 0 Å². The predicted molar refractivity (Wildman–Crippen MR) is 239 cm³/mol. The zero-order valence-corrected chi connectivity index (χ0v) is 36.7. The molecule has 1 aliphatic rings. The number of imidazole rings is 1. The Kier molecular flexibility index (Phi) is 13.3. The number of ether oxygens (including phenoxy) is 4. The highest BCUT2D eigenvalue weighted by Gasteiger charge is 2.45. The number of hydrogen-bond acceptors (Lipinski definition) is 11. The number of nitriles is 1. The van der Waals surface area contributed by atoms with Crippen LogP contribution in [0.3, 0.4) is 0 Å². The first-order valence-corrected chi connectivity index (χ1v) is 22.0. The molecular formula is C48H52N7O6P. The molecule has 0 amide bonds. The minimum Gasteiger partial charge on any atom is -0.497 e. The third kappa shape index (κ3) is 8.68. The number of fused-ring (bicyclic) bond motifs is 2. The van der Waals surface area contributed by atoms with E-state index in [1.807, 2.05) is 89.5 Å². The maximum atomic E-state index is 9.46. The fraction of sp³-hybridized carbons (Fsp3) is 0.333. The Bertz CT molecular complexity index is 2500. The molecule has 4 heterocycles. The highest BCUT2D eigenvalue weighted by molar-refractivity contribution is 7.44. The number of H-pyrrole nitrogens is 1. The van der Waals surface area contributed by atoms with Crippen LogP contribution >= 0.6 is 8.53 Å². The summed E-state index contributed by atoms with van der Waals surface area (Å²) in [7, 11) is 1.69. The molecule has 1 aliphatic heterocycles. The number of benzene rings is 4. The fourth-order valence-electron chi connectivity index (χ4n) is 8.28. The van der Waals surface area contributed by atoms with Gasteiger partial charge in [0.15, 0.2) is 5.65 Å². The van der Waals surface area contributed by atoms with Gasteiger partial charge >= 0.3 is 0 Å². The van der Waals surface area contributed by atoms with Crippen LogP contribution in [0.15, 0.2) is 122 Å². The minimum absolute atomic E-state index is 0.101. The van der Waals surface area contributed by atoms with Crippen LogP contribution < -0.4 is 9.47 Å². The van der Waals surface area contributed by atoms with Crippen molar-refractivity contribution in [1.29, 1.82) is 5.26 Å². The van der Waals surface area contributed by atoms with Gasteiger partial charge in [0.25, 0.3) is 8.53 Å². The second-order valence-corrected chi connectivity index (χ2v) is 17.1. The lowest BCUT2D eigenvalue weighted by molar-refractivity contribution is -0.0912. The summed E-state index contributed by atoms with van der Waals surface area (Å²) < 4.78 is 43.4. The van der Waals surface area contributed by atoms with Crippen LogP contribution in [-0.4, -0.2) is 80.9 Å². The largest absolute Gasteiger partial charge is 0.497 e. The van der Waals surface area contributed by atoms with Gasteiger partial charge < -0.3 is 33.0 Å². The van der Waals surface area contributed by atoms with Crippen molar-refractivity contribution in [3.8, 4) is 29.0 Å². The van der Waals surface area contributed by atoms with Crippen LogP contribution in [0.1, 0.15) is 63.5 Å². The first-order chi connectivity index (χ1) is 30.2. The second kappa shape index (κ2) is 19.1. The summed E-state index contributed by atoms with van der Waals surface area (Å²) >= 11 is 0. The lowest BCUT2D eigenvalue weighted by atomic mass is 9.80. The molecule has 13 nitrogen and oxygen atoms in total. The Morgan fingerprint density at radius 2 is 1.50 bits per heavy atom. The molecule has 0 radical (unpaired) electrons. The van der Waals surface area contributed by atoms with Crippen LogP contribution in [0, 0.1) is 11.3 Å². The Balaban J connectivity index is 1.20. The summed E-state index contributed by atoms with van der Waals surface area (Å²) in [5.74, 6) is 1.46. The maximum Gasteiger partial charge on any atom is 0.259 e. The lowest BCUT2D eigenvalue weighted by Gasteiger charge is -2.39. The molecule has 1 saturated heterocycles. The summed E-state index contributed by atoms with van der Waals surface area (Å²) in [5, 5.41) is 10.5. The van der Waals surface area contributed by atoms with Gasteiger partial charge in [-0.05, 0) is 80.8 Å². The van der Waals surface area contributed by atoms with Gasteiger partial charge in [-0.1, -0.05) is 72.8 Å². The van der Waals surface area contributed by atoms with Crippen molar-refractivity contribution in [2.45, 2.75) is 76.7 Å². The summed E-state index contributed by atoms with van der Waals surface area (Å²) in [4.78, 5) is 17.8. The molecule has 320 valence electrons. The fourth-order valence-corrected chi connectivity index (χ4v) is 10.0. The molecule has 8 rings (SSSR count). The van der Waals surface area contributed by atoms with Crippen molar-refractivity contribution >= 4 is 30.6 Å². The molecule has 0 spiro atoms. The maximum absolute atomic E-state index is 9.46. The van der Waals surface area contributed by atoms with Gasteiger partial charge in [0, 0.05) is 29.4 Å². The van der Waals surface area contributed by atoms with E-state index in [4.69, 9.17) is 38.0 Å². The van der Waals surface area contributed by atoms with Crippen LogP contribution in [-0.2, 0) is 24.1 Å². The molecule has 62 heavy (non-hydrogen) atoms. The molecule has 1 N–H and O–H groups in total. The summed E-state index contributed by atoms with van der Waals surface area (Å²) in [6, 6.07) is 38.7. The Morgan fingerprint density at radius 3 is 2.13 bits per heavy atom. The van der Waals surface area contributed by atoms with Crippen molar-refractivity contribution in [3.05, 3.63) is 139 Å². The Labute approximate surface area is 363 Å². The molecule has 14 heteroatoms. The van der Waals surface area contributed by atoms with E-state index in [2.05, 4.69) is 72.7 Å². The predicted octanol–water partition coefficient (Wildman–Crippen LogP) is 9.95. The molecular weight excluding hydrogens is 802 g/mol. The summed E-state index contributed by atoms with van der Waals surface area (Å²) in [6.07, 6.45) is 2.40. The van der Waals surface area contributed by atoms with Crippen LogP contribution in [0.4, 0.5) is 0 Å². The minimum atomic E-state index is -1.63. The lowest BCUT2D eigenvalue weighted by Crippen LogP contribution is -2.39.